The van der Waals surface area contributed by atoms with Crippen LogP contribution in [0.5, 0.6) is 5.75 Å². The van der Waals surface area contributed by atoms with Gasteiger partial charge in [-0.25, -0.2) is 0 Å². The molecule has 0 saturated carbocycles. The molecular weight excluding hydrogens is 371 g/mol. The van der Waals surface area contributed by atoms with Crippen molar-refractivity contribution in [1.82, 2.24) is 0 Å². The highest BCUT2D eigenvalue weighted by molar-refractivity contribution is 7.28. The molecule has 5 rings (SSSR count). The van der Waals surface area contributed by atoms with Crippen molar-refractivity contribution in [2.45, 2.75) is 51.4 Å². The first-order valence-electron chi connectivity index (χ1n) is 11.0. The summed E-state index contributed by atoms with van der Waals surface area (Å²) in [5.74, 6) is 0.911. The van der Waals surface area contributed by atoms with Crippen LogP contribution in [0.15, 0.2) is 48.5 Å². The van der Waals surface area contributed by atoms with Crippen LogP contribution in [0.3, 0.4) is 0 Å². The lowest BCUT2D eigenvalue weighted by molar-refractivity contribution is 0.415. The largest absolute Gasteiger partial charge is 0.497 e. The number of ether oxygens (including phenoxy) is 1. The van der Waals surface area contributed by atoms with Gasteiger partial charge < -0.3 is 4.74 Å². The van der Waals surface area contributed by atoms with E-state index in [1.54, 1.807) is 29.4 Å². The summed E-state index contributed by atoms with van der Waals surface area (Å²) in [6.45, 7) is 0. The van der Waals surface area contributed by atoms with Crippen LogP contribution in [0.2, 0.25) is 0 Å². The molecule has 1 nitrogen and oxygen atoms in total. The van der Waals surface area contributed by atoms with Crippen LogP contribution in [-0.4, -0.2) is 7.11 Å². The maximum Gasteiger partial charge on any atom is 0.118 e. The van der Waals surface area contributed by atoms with Gasteiger partial charge in [-0.05, 0) is 113 Å². The molecule has 0 bridgehead atoms. The Morgan fingerprint density at radius 2 is 1.41 bits per heavy atom. The Labute approximate surface area is 176 Å². The lowest BCUT2D eigenvalue weighted by Crippen LogP contribution is -2.15. The Kier molecular flexibility index (Phi) is 5.18. The maximum absolute atomic E-state index is 5.38. The number of fused-ring (bicyclic) bond motifs is 2. The molecule has 2 heteroatoms. The van der Waals surface area contributed by atoms with E-state index in [4.69, 9.17) is 4.74 Å². The highest BCUT2D eigenvalue weighted by atomic mass is 31.0. The summed E-state index contributed by atoms with van der Waals surface area (Å²) in [6, 6.07) is 18.0. The summed E-state index contributed by atoms with van der Waals surface area (Å²) >= 11 is 0. The Morgan fingerprint density at radius 3 is 2.17 bits per heavy atom. The van der Waals surface area contributed by atoms with Crippen molar-refractivity contribution >= 4 is 14.5 Å². The van der Waals surface area contributed by atoms with Crippen LogP contribution in [0.4, 0.5) is 0 Å². The van der Waals surface area contributed by atoms with E-state index < -0.39 is 0 Å². The topological polar surface area (TPSA) is 9.23 Å². The fourth-order valence-electron chi connectivity index (χ4n) is 5.26. The van der Waals surface area contributed by atoms with Gasteiger partial charge in [0.15, 0.2) is 0 Å². The zero-order chi connectivity index (χ0) is 19.8. The number of aryl methyl sites for hydroxylation is 2. The van der Waals surface area contributed by atoms with Crippen molar-refractivity contribution in [3.63, 3.8) is 0 Å². The second-order valence-corrected chi connectivity index (χ2v) is 9.01. The second-order valence-electron chi connectivity index (χ2n) is 8.44. The van der Waals surface area contributed by atoms with Crippen LogP contribution in [0.25, 0.3) is 22.3 Å². The average Bonchev–Trinajstić information content (AvgIpc) is 2.79. The fraction of sp³-hybridized carbons (Fsp3) is 0.333. The van der Waals surface area contributed by atoms with E-state index in [1.165, 1.54) is 78.9 Å². The molecule has 3 aromatic rings. The van der Waals surface area contributed by atoms with Crippen LogP contribution < -0.4 is 10.0 Å². The minimum absolute atomic E-state index is 0.911. The van der Waals surface area contributed by atoms with E-state index in [1.807, 2.05) is 0 Å². The first-order chi connectivity index (χ1) is 14.3. The van der Waals surface area contributed by atoms with Gasteiger partial charge in [-0.1, -0.05) is 36.4 Å². The van der Waals surface area contributed by atoms with Crippen LogP contribution in [-0.2, 0) is 25.7 Å². The van der Waals surface area contributed by atoms with E-state index in [0.29, 0.717) is 0 Å². The standard InChI is InChI=1S/C27H29OP/c1-28-21-15-13-19(14-16-21)25-17-20-8-3-5-11-23(20)26(27(25)29)24-12-6-9-18-7-2-4-10-22(18)24/h6,9,12-17H,2-5,7-8,10-11,29H2,1H3. The molecule has 29 heavy (non-hydrogen) atoms. The monoisotopic (exact) mass is 400 g/mol. The van der Waals surface area contributed by atoms with Crippen molar-refractivity contribution in [3.8, 4) is 28.0 Å². The van der Waals surface area contributed by atoms with Gasteiger partial charge in [-0.15, -0.1) is 9.24 Å². The van der Waals surface area contributed by atoms with Gasteiger partial charge in [0.25, 0.3) is 0 Å². The molecule has 1 atom stereocenters. The van der Waals surface area contributed by atoms with Gasteiger partial charge >= 0.3 is 0 Å². The zero-order valence-electron chi connectivity index (χ0n) is 17.3. The molecule has 0 fully saturated rings. The van der Waals surface area contributed by atoms with Crippen molar-refractivity contribution in [2.24, 2.45) is 0 Å². The molecule has 0 N–H and O–H groups in total. The normalized spacial score (nSPS) is 15.5. The molecule has 0 amide bonds. The van der Waals surface area contributed by atoms with E-state index >= 15 is 0 Å². The van der Waals surface area contributed by atoms with E-state index in [0.717, 1.165) is 5.75 Å². The predicted molar refractivity (Wildman–Crippen MR) is 126 cm³/mol. The molecule has 2 aliphatic rings. The Hall–Kier alpha value is -2.11. The van der Waals surface area contributed by atoms with Gasteiger partial charge in [0, 0.05) is 0 Å². The van der Waals surface area contributed by atoms with Crippen molar-refractivity contribution in [2.75, 3.05) is 7.11 Å². The number of benzene rings is 3. The van der Waals surface area contributed by atoms with Crippen LogP contribution >= 0.6 is 9.24 Å². The lowest BCUT2D eigenvalue weighted by atomic mass is 9.79. The predicted octanol–water partition coefficient (Wildman–Crippen LogP) is 6.29. The average molecular weight is 401 g/mol. The third kappa shape index (κ3) is 3.40. The van der Waals surface area contributed by atoms with Gasteiger partial charge in [-0.2, -0.15) is 0 Å². The second kappa shape index (κ2) is 7.96. The van der Waals surface area contributed by atoms with Crippen molar-refractivity contribution in [3.05, 3.63) is 70.8 Å². The molecule has 0 saturated heterocycles. The van der Waals surface area contributed by atoms with Gasteiger partial charge in [-0.3, -0.25) is 0 Å². The van der Waals surface area contributed by atoms with Gasteiger partial charge in [0.05, 0.1) is 7.11 Å². The summed E-state index contributed by atoms with van der Waals surface area (Å²) in [7, 11) is 4.83. The zero-order valence-corrected chi connectivity index (χ0v) is 18.4. The number of hydrogen-bond donors (Lipinski definition) is 0. The molecule has 0 aromatic heterocycles. The molecule has 0 radical (unpaired) electrons. The van der Waals surface area contributed by atoms with E-state index in [9.17, 15) is 0 Å². The molecule has 3 aromatic carbocycles. The first-order valence-corrected chi connectivity index (χ1v) is 11.5. The smallest absolute Gasteiger partial charge is 0.118 e. The fourth-order valence-corrected chi connectivity index (χ4v) is 5.84. The van der Waals surface area contributed by atoms with Crippen molar-refractivity contribution < 1.29 is 4.74 Å². The Bertz CT molecular complexity index is 1050. The summed E-state index contributed by atoms with van der Waals surface area (Å²) in [5.41, 5.74) is 11.9. The van der Waals surface area contributed by atoms with Crippen LogP contribution in [0, 0.1) is 0 Å². The van der Waals surface area contributed by atoms with Crippen molar-refractivity contribution in [1.29, 1.82) is 0 Å². The molecule has 2 aliphatic carbocycles. The number of rotatable bonds is 3. The van der Waals surface area contributed by atoms with E-state index in [-0.39, 0.29) is 0 Å². The Balaban J connectivity index is 1.74. The third-order valence-corrected chi connectivity index (χ3v) is 7.36. The number of methoxy groups -OCH3 is 1. The molecular formula is C27H29OP. The van der Waals surface area contributed by atoms with E-state index in [2.05, 4.69) is 57.8 Å². The van der Waals surface area contributed by atoms with Gasteiger partial charge in [0.1, 0.15) is 5.75 Å². The first kappa shape index (κ1) is 18.9. The quantitative estimate of drug-likeness (QED) is 0.470. The molecule has 0 aliphatic heterocycles. The minimum atomic E-state index is 0.911. The number of hydrogen-bond acceptors (Lipinski definition) is 1. The maximum atomic E-state index is 5.38. The Morgan fingerprint density at radius 1 is 0.724 bits per heavy atom. The highest BCUT2D eigenvalue weighted by Gasteiger charge is 2.23. The summed E-state index contributed by atoms with van der Waals surface area (Å²) < 4.78 is 5.38. The SMILES string of the molecule is COc1ccc(-c2cc3c(c(-c4cccc5c4CCCC5)c2P)CCCC3)cc1. The molecule has 1 unspecified atom stereocenters. The molecule has 0 spiro atoms. The van der Waals surface area contributed by atoms with Crippen LogP contribution in [0.1, 0.15) is 47.9 Å². The molecule has 148 valence electrons. The third-order valence-electron chi connectivity index (χ3n) is 6.76. The summed E-state index contributed by atoms with van der Waals surface area (Å²) in [6.07, 6.45) is 10.1. The highest BCUT2D eigenvalue weighted by Crippen LogP contribution is 2.39. The molecule has 0 heterocycles. The summed E-state index contributed by atoms with van der Waals surface area (Å²) in [5, 5.41) is 1.36. The summed E-state index contributed by atoms with van der Waals surface area (Å²) in [4.78, 5) is 0. The van der Waals surface area contributed by atoms with Gasteiger partial charge in [0.2, 0.25) is 0 Å². The lowest BCUT2D eigenvalue weighted by Gasteiger charge is -2.27. The minimum Gasteiger partial charge on any atom is -0.497 e.